The number of benzene rings is 4. The fourth-order valence-corrected chi connectivity index (χ4v) is 33.8. The molecule has 4 heteroatoms. The van der Waals surface area contributed by atoms with Gasteiger partial charge in [-0.1, -0.05) is 0 Å². The third-order valence-corrected chi connectivity index (χ3v) is 33.4. The molecule has 0 aromatic heterocycles. The van der Waals surface area contributed by atoms with Crippen molar-refractivity contribution < 1.29 is 17.1 Å². The Hall–Kier alpha value is -1.97. The SMILES string of the molecule is Cc1ccccc1C1=Cc2ccccc2[CH]1[Hf]([CH3])([CH3])(=[SiH2])[CH]1C(c2ccccc2C)=Cc2ccccc21.Cl.Cl. The first-order chi connectivity index (χ1) is 17.2. The summed E-state index contributed by atoms with van der Waals surface area (Å²) in [6.45, 7) is 6.98. The van der Waals surface area contributed by atoms with Crippen LogP contribution < -0.4 is 0 Å². The molecule has 0 saturated heterocycles. The van der Waals surface area contributed by atoms with Crippen LogP contribution >= 0.6 is 24.8 Å². The molecule has 2 unspecified atom stereocenters. The van der Waals surface area contributed by atoms with Crippen LogP contribution in [0.1, 0.15) is 51.9 Å². The zero-order valence-corrected chi connectivity index (χ0v) is 29.2. The van der Waals surface area contributed by atoms with Gasteiger partial charge in [-0.05, 0) is 0 Å². The van der Waals surface area contributed by atoms with E-state index in [0.29, 0.717) is 7.35 Å². The standard InChI is InChI=1S/2C16H13.2CH3.2ClH.Hf.H2Si/c2*1-12-6-2-5-9-16(12)15-10-13-7-3-4-8-14(13)11-15;;;;;;/h2*2-11H,1H3;2*1H3;2*1H;;1H2. The number of hydrogen-bond donors (Lipinski definition) is 0. The Bertz CT molecular complexity index is 1540. The molecule has 0 N–H and O–H groups in total. The van der Waals surface area contributed by atoms with Gasteiger partial charge >= 0.3 is 219 Å². The summed E-state index contributed by atoms with van der Waals surface area (Å²) in [6.07, 6.45) is 5.02. The average Bonchev–Trinajstić information content (AvgIpc) is 3.45. The number of fused-ring (bicyclic) bond motifs is 2. The van der Waals surface area contributed by atoms with E-state index in [1.807, 2.05) is 0 Å². The van der Waals surface area contributed by atoms with E-state index in [1.165, 1.54) is 44.5 Å². The van der Waals surface area contributed by atoms with Gasteiger partial charge in [-0.25, -0.2) is 0 Å². The van der Waals surface area contributed by atoms with Crippen LogP contribution in [0.15, 0.2) is 97.1 Å². The van der Waals surface area contributed by atoms with Crippen molar-refractivity contribution in [2.75, 3.05) is 0 Å². The van der Waals surface area contributed by atoms with Crippen LogP contribution in [0, 0.1) is 13.8 Å². The largest absolute Gasteiger partial charge is 0.147 e. The Balaban J connectivity index is 0.00000168. The van der Waals surface area contributed by atoms with Gasteiger partial charge in [-0.2, -0.15) is 0 Å². The molecule has 6 rings (SSSR count). The Labute approximate surface area is 242 Å². The van der Waals surface area contributed by atoms with E-state index in [0.717, 1.165) is 0 Å². The van der Waals surface area contributed by atoms with Gasteiger partial charge in [0.1, 0.15) is 0 Å². The molecule has 194 valence electrons. The zero-order valence-electron chi connectivity index (χ0n) is 22.6. The molecule has 2 atom stereocenters. The summed E-state index contributed by atoms with van der Waals surface area (Å²) in [4.78, 5) is 0. The van der Waals surface area contributed by atoms with E-state index in [1.54, 1.807) is 11.1 Å². The smallest absolute Gasteiger partial charge is 0.147 e. The fourth-order valence-electron chi connectivity index (χ4n) is 7.12. The van der Waals surface area contributed by atoms with Gasteiger partial charge < -0.3 is 0 Å². The van der Waals surface area contributed by atoms with E-state index in [2.05, 4.69) is 139 Å². The normalized spacial score (nSPS) is 17.9. The fraction of sp³-hybridized carbons (Fsp3) is 0.176. The van der Waals surface area contributed by atoms with Gasteiger partial charge in [0.25, 0.3) is 0 Å². The predicted octanol–water partition coefficient (Wildman–Crippen LogP) is 9.37. The summed E-state index contributed by atoms with van der Waals surface area (Å²) >= 11 is -3.84. The molecule has 0 amide bonds. The van der Waals surface area contributed by atoms with E-state index in [-0.39, 0.29) is 24.8 Å². The maximum absolute atomic E-state index is 3.84. The molecule has 4 aromatic carbocycles. The van der Waals surface area contributed by atoms with Crippen molar-refractivity contribution in [2.45, 2.75) is 30.6 Å². The minimum absolute atomic E-state index is 0. The molecule has 0 fully saturated rings. The minimum atomic E-state index is -3.84. The molecule has 0 spiro atoms. The second kappa shape index (κ2) is 10.5. The van der Waals surface area contributed by atoms with Gasteiger partial charge in [0.05, 0.1) is 0 Å². The first-order valence-electron chi connectivity index (χ1n) is 13.0. The van der Waals surface area contributed by atoms with Crippen LogP contribution in [0.2, 0.25) is 9.36 Å². The Morgan fingerprint density at radius 2 is 0.868 bits per heavy atom. The minimum Gasteiger partial charge on any atom is -0.147 e. The topological polar surface area (TPSA) is 0 Å². The molecule has 0 heterocycles. The Morgan fingerprint density at radius 3 is 1.26 bits per heavy atom. The molecular weight excluding hydrogens is 686 g/mol. The number of rotatable bonds is 4. The second-order valence-electron chi connectivity index (χ2n) is 11.9. The van der Waals surface area contributed by atoms with Crippen LogP contribution in [0.3, 0.4) is 0 Å². The summed E-state index contributed by atoms with van der Waals surface area (Å²) < 4.78 is 6.43. The van der Waals surface area contributed by atoms with E-state index in [4.69, 9.17) is 0 Å². The van der Waals surface area contributed by atoms with Crippen LogP contribution in [-0.4, -0.2) is 6.94 Å². The van der Waals surface area contributed by atoms with Crippen LogP contribution in [-0.2, 0) is 17.1 Å². The van der Waals surface area contributed by atoms with Crippen LogP contribution in [0.5, 0.6) is 0 Å². The molecule has 38 heavy (non-hydrogen) atoms. The molecule has 0 bridgehead atoms. The molecule has 0 nitrogen and oxygen atoms in total. The molecule has 4 aromatic rings. The van der Waals surface area contributed by atoms with Crippen molar-refractivity contribution >= 4 is 55.1 Å². The van der Waals surface area contributed by atoms with Crippen molar-refractivity contribution in [3.63, 3.8) is 0 Å². The Morgan fingerprint density at radius 1 is 0.526 bits per heavy atom. The first-order valence-corrected chi connectivity index (χ1v) is 32.7. The molecule has 2 aliphatic rings. The van der Waals surface area contributed by atoms with Crippen molar-refractivity contribution in [3.05, 3.63) is 142 Å². The summed E-state index contributed by atoms with van der Waals surface area (Å²) in [5, 5.41) is 0. The van der Waals surface area contributed by atoms with E-state index < -0.39 is 17.1 Å². The maximum Gasteiger partial charge on any atom is -0.147 e. The molecule has 2 aliphatic carbocycles. The number of aryl methyl sites for hydroxylation is 2. The number of halogens is 2. The Kier molecular flexibility index (Phi) is 8.05. The van der Waals surface area contributed by atoms with E-state index in [9.17, 15) is 0 Å². The van der Waals surface area contributed by atoms with Gasteiger partial charge in [-0.3, -0.25) is 0 Å². The summed E-state index contributed by atoms with van der Waals surface area (Å²) in [7, 11) is 0. The maximum atomic E-state index is 2.74. The predicted molar refractivity (Wildman–Crippen MR) is 171 cm³/mol. The second-order valence-corrected chi connectivity index (χ2v) is 55.4. The quantitative estimate of drug-likeness (QED) is 0.184. The third kappa shape index (κ3) is 4.58. The van der Waals surface area contributed by atoms with Crippen molar-refractivity contribution in [3.8, 4) is 0 Å². The molecule has 0 radical (unpaired) electrons. The van der Waals surface area contributed by atoms with Crippen molar-refractivity contribution in [1.82, 2.24) is 0 Å². The number of allylic oxidation sites excluding steroid dienone is 2. The average molecular weight is 722 g/mol. The summed E-state index contributed by atoms with van der Waals surface area (Å²) in [6, 6.07) is 36.4. The third-order valence-electron chi connectivity index (χ3n) is 8.67. The van der Waals surface area contributed by atoms with Crippen LogP contribution in [0.4, 0.5) is 0 Å². The van der Waals surface area contributed by atoms with Crippen molar-refractivity contribution in [1.29, 1.82) is 0 Å². The van der Waals surface area contributed by atoms with Gasteiger partial charge in [0.2, 0.25) is 0 Å². The summed E-state index contributed by atoms with van der Waals surface area (Å²) in [5.74, 6) is 0. The first kappa shape index (κ1) is 29.0. The monoisotopic (exact) mass is 722 g/mol. The zero-order chi connectivity index (χ0) is 25.1. The van der Waals surface area contributed by atoms with Crippen LogP contribution in [0.25, 0.3) is 23.3 Å². The van der Waals surface area contributed by atoms with Gasteiger partial charge in [-0.15, -0.1) is 24.8 Å². The molecule has 0 saturated carbocycles. The van der Waals surface area contributed by atoms with Gasteiger partial charge in [0.15, 0.2) is 0 Å². The number of hydrogen-bond acceptors (Lipinski definition) is 0. The van der Waals surface area contributed by atoms with Gasteiger partial charge in [0, 0.05) is 0 Å². The van der Waals surface area contributed by atoms with Crippen molar-refractivity contribution in [2.24, 2.45) is 0 Å². The van der Waals surface area contributed by atoms with E-state index >= 15 is 0 Å². The molecular formula is C34H36Cl2HfSi. The molecule has 0 aliphatic heterocycles. The summed E-state index contributed by atoms with van der Waals surface area (Å²) in [5.41, 5.74) is 14.6.